The van der Waals surface area contributed by atoms with Crippen LogP contribution in [0.25, 0.3) is 0 Å². The van der Waals surface area contributed by atoms with Crippen LogP contribution >= 0.6 is 0 Å². The Labute approximate surface area is 169 Å². The number of piperidine rings is 2. The van der Waals surface area contributed by atoms with Crippen molar-refractivity contribution in [2.24, 2.45) is 11.8 Å². The predicted molar refractivity (Wildman–Crippen MR) is 105 cm³/mol. The molecule has 4 rings (SSSR count). The molecule has 0 unspecified atom stereocenters. The fourth-order valence-electron chi connectivity index (χ4n) is 4.47. The fourth-order valence-corrected chi connectivity index (χ4v) is 4.47. The highest BCUT2D eigenvalue weighted by Gasteiger charge is 2.37. The van der Waals surface area contributed by atoms with Crippen molar-refractivity contribution in [1.82, 2.24) is 14.8 Å². The monoisotopic (exact) mass is 413 g/mol. The Morgan fingerprint density at radius 3 is 2.41 bits per heavy atom. The molecule has 1 aromatic rings. The molecule has 8 heteroatoms. The van der Waals surface area contributed by atoms with Crippen LogP contribution in [0.15, 0.2) is 16.9 Å². The highest BCUT2D eigenvalue weighted by atomic mass is 19.4. The van der Waals surface area contributed by atoms with Crippen LogP contribution in [0.1, 0.15) is 62.0 Å². The van der Waals surface area contributed by atoms with E-state index >= 15 is 0 Å². The van der Waals surface area contributed by atoms with Crippen molar-refractivity contribution >= 4 is 5.91 Å². The van der Waals surface area contributed by atoms with E-state index in [0.29, 0.717) is 31.0 Å². The molecule has 0 aromatic carbocycles. The molecule has 1 aliphatic carbocycles. The van der Waals surface area contributed by atoms with E-state index in [2.05, 4.69) is 10.2 Å². The Morgan fingerprint density at radius 2 is 1.86 bits per heavy atom. The predicted octanol–water partition coefficient (Wildman–Crippen LogP) is 3.52. The van der Waals surface area contributed by atoms with Gasteiger partial charge < -0.3 is 9.88 Å². The number of nitrogens with zero attached hydrogens (tertiary/aromatic N) is 2. The van der Waals surface area contributed by atoms with Gasteiger partial charge in [0.05, 0.1) is 0 Å². The lowest BCUT2D eigenvalue weighted by molar-refractivity contribution is -0.144. The number of aromatic nitrogens is 1. The van der Waals surface area contributed by atoms with Gasteiger partial charge in [-0.2, -0.15) is 13.2 Å². The van der Waals surface area contributed by atoms with Gasteiger partial charge in [-0.25, -0.2) is 0 Å². The van der Waals surface area contributed by atoms with Crippen molar-refractivity contribution in [3.63, 3.8) is 0 Å². The molecule has 5 nitrogen and oxygen atoms in total. The Hall–Kier alpha value is -1.83. The van der Waals surface area contributed by atoms with Crippen LogP contribution in [-0.2, 0) is 12.7 Å². The van der Waals surface area contributed by atoms with E-state index in [1.807, 2.05) is 13.8 Å². The van der Waals surface area contributed by atoms with E-state index in [1.165, 1.54) is 12.8 Å². The van der Waals surface area contributed by atoms with Gasteiger partial charge in [0, 0.05) is 32.2 Å². The minimum atomic E-state index is -4.65. The van der Waals surface area contributed by atoms with E-state index in [9.17, 15) is 22.8 Å². The molecule has 1 N–H and O–H groups in total. The highest BCUT2D eigenvalue weighted by Crippen LogP contribution is 2.35. The van der Waals surface area contributed by atoms with Gasteiger partial charge in [-0.15, -0.1) is 0 Å². The number of amides is 1. The van der Waals surface area contributed by atoms with Crippen LogP contribution in [0.2, 0.25) is 0 Å². The Morgan fingerprint density at radius 1 is 1.17 bits per heavy atom. The van der Waals surface area contributed by atoms with Gasteiger partial charge in [-0.3, -0.25) is 14.5 Å². The summed E-state index contributed by atoms with van der Waals surface area (Å²) in [5, 5.41) is 2.64. The highest BCUT2D eigenvalue weighted by molar-refractivity contribution is 5.93. The molecule has 162 valence electrons. The third-order valence-electron chi connectivity index (χ3n) is 6.15. The molecule has 3 aliphatic rings. The smallest absolute Gasteiger partial charge is 0.352 e. The maximum Gasteiger partial charge on any atom is 0.431 e. The van der Waals surface area contributed by atoms with Crippen molar-refractivity contribution in [1.29, 1.82) is 0 Å². The number of nitrogens with one attached hydrogen (secondary N) is 1. The number of carbonyl (C=O) groups excluding carboxylic acids is 1. The molecule has 3 heterocycles. The molecule has 2 saturated heterocycles. The Kier molecular flexibility index (Phi) is 6.71. The van der Waals surface area contributed by atoms with Crippen LogP contribution in [0.4, 0.5) is 13.2 Å². The number of hydrogen-bond donors (Lipinski definition) is 1. The van der Waals surface area contributed by atoms with Gasteiger partial charge in [0.2, 0.25) is 0 Å². The summed E-state index contributed by atoms with van der Waals surface area (Å²) in [6, 6.07) is 2.24. The molecule has 29 heavy (non-hydrogen) atoms. The normalized spacial score (nSPS) is 22.3. The first-order chi connectivity index (χ1) is 13.7. The number of pyridine rings is 1. The SMILES string of the molecule is CC(C)CCNC(=O)c1ccc(C(F)(F)F)n(CCN2CC3CCC2CC3)c1=O. The van der Waals surface area contributed by atoms with Gasteiger partial charge in [0.25, 0.3) is 11.5 Å². The lowest BCUT2D eigenvalue weighted by atomic mass is 9.80. The van der Waals surface area contributed by atoms with Crippen molar-refractivity contribution in [3.8, 4) is 0 Å². The summed E-state index contributed by atoms with van der Waals surface area (Å²) >= 11 is 0. The molecule has 2 aliphatic heterocycles. The van der Waals surface area contributed by atoms with E-state index in [4.69, 9.17) is 0 Å². The molecular weight excluding hydrogens is 383 g/mol. The van der Waals surface area contributed by atoms with Crippen molar-refractivity contribution < 1.29 is 18.0 Å². The van der Waals surface area contributed by atoms with E-state index in [0.717, 1.165) is 42.5 Å². The van der Waals surface area contributed by atoms with Gasteiger partial charge in [-0.05, 0) is 56.1 Å². The van der Waals surface area contributed by atoms with E-state index in [1.54, 1.807) is 0 Å². The molecule has 1 saturated carbocycles. The largest absolute Gasteiger partial charge is 0.431 e. The lowest BCUT2D eigenvalue weighted by Gasteiger charge is -2.45. The van der Waals surface area contributed by atoms with Gasteiger partial charge in [0.15, 0.2) is 0 Å². The first kappa shape index (κ1) is 21.9. The van der Waals surface area contributed by atoms with Gasteiger partial charge in [-0.1, -0.05) is 13.8 Å². The first-order valence-corrected chi connectivity index (χ1v) is 10.5. The first-order valence-electron chi connectivity index (χ1n) is 10.5. The molecule has 2 bridgehead atoms. The van der Waals surface area contributed by atoms with Crippen LogP contribution in [0.3, 0.4) is 0 Å². The van der Waals surface area contributed by atoms with Gasteiger partial charge >= 0.3 is 6.18 Å². The summed E-state index contributed by atoms with van der Waals surface area (Å²) in [4.78, 5) is 27.4. The van der Waals surface area contributed by atoms with Crippen LogP contribution in [0.5, 0.6) is 0 Å². The third kappa shape index (κ3) is 5.21. The molecule has 0 spiro atoms. The lowest BCUT2D eigenvalue weighted by Crippen LogP contribution is -2.49. The second kappa shape index (κ2) is 8.90. The maximum atomic E-state index is 13.5. The minimum absolute atomic E-state index is 0.0655. The maximum absolute atomic E-state index is 13.5. The summed E-state index contributed by atoms with van der Waals surface area (Å²) in [6.45, 7) is 5.60. The quantitative estimate of drug-likeness (QED) is 0.744. The zero-order valence-corrected chi connectivity index (χ0v) is 17.1. The van der Waals surface area contributed by atoms with Crippen LogP contribution < -0.4 is 10.9 Å². The fraction of sp³-hybridized carbons (Fsp3) is 0.714. The minimum Gasteiger partial charge on any atom is -0.352 e. The molecule has 0 radical (unpaired) electrons. The number of halogens is 3. The molecule has 1 aromatic heterocycles. The Bertz CT molecular complexity index is 780. The summed E-state index contributed by atoms with van der Waals surface area (Å²) < 4.78 is 41.2. The summed E-state index contributed by atoms with van der Waals surface area (Å²) in [7, 11) is 0. The third-order valence-corrected chi connectivity index (χ3v) is 6.15. The van der Waals surface area contributed by atoms with Crippen molar-refractivity contribution in [3.05, 3.63) is 33.7 Å². The zero-order valence-electron chi connectivity index (χ0n) is 17.1. The zero-order chi connectivity index (χ0) is 21.2. The van der Waals surface area contributed by atoms with Crippen molar-refractivity contribution in [2.75, 3.05) is 19.6 Å². The number of carbonyl (C=O) groups is 1. The second-order valence-corrected chi connectivity index (χ2v) is 8.69. The number of hydrogen-bond acceptors (Lipinski definition) is 3. The number of fused-ring (bicyclic) bond motifs is 3. The standard InChI is InChI=1S/C21H30F3N3O2/c1-14(2)9-10-25-19(28)17-7-8-18(21(22,23)24)27(20(17)29)12-11-26-13-15-3-5-16(26)6-4-15/h7-8,14-16H,3-6,9-13H2,1-2H3,(H,25,28). The van der Waals surface area contributed by atoms with E-state index in [-0.39, 0.29) is 12.1 Å². The van der Waals surface area contributed by atoms with E-state index < -0.39 is 23.3 Å². The average Bonchev–Trinajstić information content (AvgIpc) is 2.66. The molecule has 0 atom stereocenters. The second-order valence-electron chi connectivity index (χ2n) is 8.69. The topological polar surface area (TPSA) is 54.3 Å². The van der Waals surface area contributed by atoms with Gasteiger partial charge in [0.1, 0.15) is 11.3 Å². The van der Waals surface area contributed by atoms with Crippen molar-refractivity contribution in [2.45, 2.75) is 64.7 Å². The average molecular weight is 413 g/mol. The molecule has 1 amide bonds. The summed E-state index contributed by atoms with van der Waals surface area (Å²) in [5.74, 6) is 0.367. The molecular formula is C21H30F3N3O2. The number of alkyl halides is 3. The summed E-state index contributed by atoms with van der Waals surface area (Å²) in [6.07, 6.45) is 0.598. The summed E-state index contributed by atoms with van der Waals surface area (Å²) in [5.41, 5.74) is -2.10. The van der Waals surface area contributed by atoms with Crippen LogP contribution in [-0.4, -0.2) is 41.1 Å². The number of rotatable bonds is 7. The van der Waals surface area contributed by atoms with Crippen LogP contribution in [0, 0.1) is 11.8 Å². The molecule has 3 fully saturated rings. The Balaban J connectivity index is 1.79.